The summed E-state index contributed by atoms with van der Waals surface area (Å²) in [6.45, 7) is 1.70. The third-order valence-corrected chi connectivity index (χ3v) is 0.947. The Morgan fingerprint density at radius 3 is 2.08 bits per heavy atom. The lowest BCUT2D eigenvalue weighted by atomic mass is 10.5. The van der Waals surface area contributed by atoms with E-state index in [2.05, 4.69) is 14.2 Å². The Bertz CT molecular complexity index is 166. The maximum absolute atomic E-state index is 10.6. The minimum atomic E-state index is -1.65. The Labute approximate surface area is 75.4 Å². The molecule has 0 spiro atoms. The molecule has 0 rings (SSSR count). The number of hydrogen-bond acceptors (Lipinski definition) is 5. The summed E-state index contributed by atoms with van der Waals surface area (Å²) in [5.74, 6) is 0. The zero-order chi connectivity index (χ0) is 10.1. The van der Waals surface area contributed by atoms with Crippen molar-refractivity contribution >= 4 is 12.3 Å². The molecule has 0 saturated heterocycles. The normalized spacial score (nSPS) is 9.00. The van der Waals surface area contributed by atoms with Gasteiger partial charge >= 0.3 is 12.3 Å². The molecule has 0 heterocycles. The van der Waals surface area contributed by atoms with E-state index < -0.39 is 12.3 Å². The Kier molecular flexibility index (Phi) is 6.39. The van der Waals surface area contributed by atoms with Crippen LogP contribution in [0.3, 0.4) is 0 Å². The molecule has 0 amide bonds. The SMILES string of the molecule is CCCOC(=O)OCCOC([O])=O. The summed E-state index contributed by atoms with van der Waals surface area (Å²) in [5, 5.41) is 9.71. The number of rotatable bonds is 5. The van der Waals surface area contributed by atoms with Gasteiger partial charge in [-0.1, -0.05) is 6.92 Å². The first-order chi connectivity index (χ1) is 6.16. The first kappa shape index (κ1) is 11.5. The van der Waals surface area contributed by atoms with Gasteiger partial charge in [-0.3, -0.25) is 0 Å². The van der Waals surface area contributed by atoms with Crippen molar-refractivity contribution in [3.63, 3.8) is 0 Å². The fraction of sp³-hybridized carbons (Fsp3) is 0.714. The second-order valence-electron chi connectivity index (χ2n) is 2.05. The smallest absolute Gasteiger partial charge is 0.434 e. The van der Waals surface area contributed by atoms with Crippen LogP contribution in [0.1, 0.15) is 13.3 Å². The predicted molar refractivity (Wildman–Crippen MR) is 39.6 cm³/mol. The van der Waals surface area contributed by atoms with Crippen LogP contribution in [0.25, 0.3) is 0 Å². The summed E-state index contributed by atoms with van der Waals surface area (Å²) in [6.07, 6.45) is -1.78. The molecule has 0 aromatic rings. The minimum absolute atomic E-state index is 0.170. The van der Waals surface area contributed by atoms with Crippen LogP contribution in [0.4, 0.5) is 9.59 Å². The molecule has 0 aliphatic heterocycles. The van der Waals surface area contributed by atoms with Crippen LogP contribution in [0.15, 0.2) is 0 Å². The molecule has 75 valence electrons. The average Bonchev–Trinajstić information content (AvgIpc) is 2.08. The van der Waals surface area contributed by atoms with Crippen molar-refractivity contribution in [3.05, 3.63) is 0 Å². The quantitative estimate of drug-likeness (QED) is 0.480. The second-order valence-corrected chi connectivity index (χ2v) is 2.05. The molecule has 0 fully saturated rings. The summed E-state index contributed by atoms with van der Waals surface area (Å²) in [5.41, 5.74) is 0. The molecular formula is C7H11O6. The molecule has 1 radical (unpaired) electrons. The minimum Gasteiger partial charge on any atom is -0.434 e. The first-order valence-corrected chi connectivity index (χ1v) is 3.80. The topological polar surface area (TPSA) is 81.7 Å². The maximum Gasteiger partial charge on any atom is 0.550 e. The molecule has 0 aliphatic rings. The van der Waals surface area contributed by atoms with E-state index in [9.17, 15) is 14.7 Å². The fourth-order valence-corrected chi connectivity index (χ4v) is 0.477. The Hall–Kier alpha value is -1.46. The molecule has 0 saturated carbocycles. The third kappa shape index (κ3) is 8.45. The molecule has 6 heteroatoms. The van der Waals surface area contributed by atoms with Crippen molar-refractivity contribution < 1.29 is 28.9 Å². The molecule has 0 N–H and O–H groups in total. The first-order valence-electron chi connectivity index (χ1n) is 3.80. The molecule has 13 heavy (non-hydrogen) atoms. The summed E-state index contributed by atoms with van der Waals surface area (Å²) >= 11 is 0. The van der Waals surface area contributed by atoms with Crippen LogP contribution < -0.4 is 0 Å². The van der Waals surface area contributed by atoms with Crippen molar-refractivity contribution in [2.45, 2.75) is 13.3 Å². The van der Waals surface area contributed by atoms with Crippen LogP contribution in [-0.4, -0.2) is 32.1 Å². The van der Waals surface area contributed by atoms with E-state index in [1.54, 1.807) is 0 Å². The van der Waals surface area contributed by atoms with Crippen molar-refractivity contribution in [1.82, 2.24) is 0 Å². The predicted octanol–water partition coefficient (Wildman–Crippen LogP) is 1.12. The molecular weight excluding hydrogens is 180 g/mol. The standard InChI is InChI=1S/C7H11O6/c1-2-3-12-7(10)13-5-4-11-6(8)9/h2-5H2,1H3. The van der Waals surface area contributed by atoms with Gasteiger partial charge in [0.1, 0.15) is 13.2 Å². The van der Waals surface area contributed by atoms with E-state index in [4.69, 9.17) is 0 Å². The van der Waals surface area contributed by atoms with E-state index >= 15 is 0 Å². The molecule has 0 bridgehead atoms. The van der Waals surface area contributed by atoms with Crippen LogP contribution in [0.2, 0.25) is 0 Å². The zero-order valence-corrected chi connectivity index (χ0v) is 7.28. The summed E-state index contributed by atoms with van der Waals surface area (Å²) in [7, 11) is 0. The van der Waals surface area contributed by atoms with Gasteiger partial charge < -0.3 is 14.2 Å². The molecule has 0 atom stereocenters. The third-order valence-electron chi connectivity index (χ3n) is 0.947. The highest BCUT2D eigenvalue weighted by molar-refractivity contribution is 5.59. The van der Waals surface area contributed by atoms with Gasteiger partial charge in [-0.25, -0.2) is 4.79 Å². The van der Waals surface area contributed by atoms with E-state index in [-0.39, 0.29) is 19.8 Å². The van der Waals surface area contributed by atoms with E-state index in [0.717, 1.165) is 0 Å². The highest BCUT2D eigenvalue weighted by Crippen LogP contribution is 1.88. The Balaban J connectivity index is 3.22. The van der Waals surface area contributed by atoms with E-state index in [0.29, 0.717) is 6.42 Å². The lowest BCUT2D eigenvalue weighted by Crippen LogP contribution is -2.13. The Morgan fingerprint density at radius 2 is 1.54 bits per heavy atom. The molecule has 0 aromatic carbocycles. The lowest BCUT2D eigenvalue weighted by Gasteiger charge is -2.03. The van der Waals surface area contributed by atoms with E-state index in [1.807, 2.05) is 6.92 Å². The number of carbonyl (C=O) groups excluding carboxylic acids is 2. The van der Waals surface area contributed by atoms with E-state index in [1.165, 1.54) is 0 Å². The average molecular weight is 191 g/mol. The maximum atomic E-state index is 10.6. The van der Waals surface area contributed by atoms with Gasteiger partial charge in [0.15, 0.2) is 0 Å². The van der Waals surface area contributed by atoms with Gasteiger partial charge in [0.25, 0.3) is 0 Å². The van der Waals surface area contributed by atoms with Crippen molar-refractivity contribution in [2.24, 2.45) is 0 Å². The van der Waals surface area contributed by atoms with Crippen molar-refractivity contribution in [3.8, 4) is 0 Å². The van der Waals surface area contributed by atoms with Gasteiger partial charge in [0, 0.05) is 0 Å². The van der Waals surface area contributed by atoms with Crippen LogP contribution >= 0.6 is 0 Å². The van der Waals surface area contributed by atoms with Gasteiger partial charge in [0.2, 0.25) is 0 Å². The van der Waals surface area contributed by atoms with Crippen LogP contribution in [0.5, 0.6) is 0 Å². The molecule has 0 unspecified atom stereocenters. The van der Waals surface area contributed by atoms with Gasteiger partial charge in [-0.2, -0.15) is 9.90 Å². The van der Waals surface area contributed by atoms with Crippen molar-refractivity contribution in [1.29, 1.82) is 0 Å². The van der Waals surface area contributed by atoms with Gasteiger partial charge in [-0.15, -0.1) is 0 Å². The fourth-order valence-electron chi connectivity index (χ4n) is 0.477. The largest absolute Gasteiger partial charge is 0.550 e. The number of ether oxygens (including phenoxy) is 3. The number of carbonyl (C=O) groups is 2. The Morgan fingerprint density at radius 1 is 1.00 bits per heavy atom. The summed E-state index contributed by atoms with van der Waals surface area (Å²) in [4.78, 5) is 20.3. The molecule has 6 nitrogen and oxygen atoms in total. The monoisotopic (exact) mass is 191 g/mol. The van der Waals surface area contributed by atoms with Crippen molar-refractivity contribution in [2.75, 3.05) is 19.8 Å². The lowest BCUT2D eigenvalue weighted by molar-refractivity contribution is 0.0222. The van der Waals surface area contributed by atoms with Crippen LogP contribution in [-0.2, 0) is 19.3 Å². The van der Waals surface area contributed by atoms with Crippen LogP contribution in [0, 0.1) is 0 Å². The highest BCUT2D eigenvalue weighted by atomic mass is 16.7. The highest BCUT2D eigenvalue weighted by Gasteiger charge is 2.03. The second kappa shape index (κ2) is 7.20. The van der Waals surface area contributed by atoms with Gasteiger partial charge in [-0.05, 0) is 6.42 Å². The summed E-state index contributed by atoms with van der Waals surface area (Å²) in [6, 6.07) is 0. The van der Waals surface area contributed by atoms with Gasteiger partial charge in [0.05, 0.1) is 6.61 Å². The molecule has 0 aliphatic carbocycles. The summed E-state index contributed by atoms with van der Waals surface area (Å²) < 4.78 is 12.9. The number of hydrogen-bond donors (Lipinski definition) is 0. The molecule has 0 aromatic heterocycles. The zero-order valence-electron chi connectivity index (χ0n) is 7.28.